The Labute approximate surface area is 103 Å². The van der Waals surface area contributed by atoms with Gasteiger partial charge in [0.2, 0.25) is 0 Å². The van der Waals surface area contributed by atoms with Gasteiger partial charge in [0.05, 0.1) is 0 Å². The van der Waals surface area contributed by atoms with Gasteiger partial charge < -0.3 is 0 Å². The van der Waals surface area contributed by atoms with Gasteiger partial charge in [0.25, 0.3) is 0 Å². The van der Waals surface area contributed by atoms with Crippen LogP contribution in [0.4, 0.5) is 0 Å². The Bertz CT molecular complexity index is 566. The molecular formula is C17H16. The first kappa shape index (κ1) is 10.3. The molecule has 0 amide bonds. The summed E-state index contributed by atoms with van der Waals surface area (Å²) in [6.07, 6.45) is 1.06. The lowest BCUT2D eigenvalue weighted by Crippen LogP contribution is -2.20. The lowest BCUT2D eigenvalue weighted by Gasteiger charge is -2.26. The van der Waals surface area contributed by atoms with Gasteiger partial charge >= 0.3 is 0 Å². The molecule has 1 unspecified atom stereocenters. The second kappa shape index (κ2) is 3.59. The molecule has 1 aliphatic rings. The maximum absolute atomic E-state index is 4.33. The van der Waals surface area contributed by atoms with E-state index >= 15 is 0 Å². The molecule has 0 bridgehead atoms. The van der Waals surface area contributed by atoms with Gasteiger partial charge in [0.15, 0.2) is 0 Å². The van der Waals surface area contributed by atoms with Crippen molar-refractivity contribution in [1.29, 1.82) is 0 Å². The second-order valence-corrected chi connectivity index (χ2v) is 5.01. The van der Waals surface area contributed by atoms with E-state index in [0.717, 1.165) is 6.42 Å². The maximum atomic E-state index is 4.33. The molecule has 0 spiro atoms. The minimum absolute atomic E-state index is 0.0605. The topological polar surface area (TPSA) is 0 Å². The molecule has 0 heterocycles. The van der Waals surface area contributed by atoms with Crippen LogP contribution in [0, 0.1) is 0 Å². The summed E-state index contributed by atoms with van der Waals surface area (Å²) in [6, 6.07) is 19.3. The largest absolute Gasteiger partial charge is 0.0943 e. The van der Waals surface area contributed by atoms with E-state index in [2.05, 4.69) is 68.1 Å². The van der Waals surface area contributed by atoms with E-state index in [1.54, 1.807) is 0 Å². The molecule has 0 heteroatoms. The highest BCUT2D eigenvalue weighted by atomic mass is 14.4. The highest BCUT2D eigenvalue weighted by molar-refractivity contribution is 5.80. The first-order valence-electron chi connectivity index (χ1n) is 6.05. The van der Waals surface area contributed by atoms with Crippen molar-refractivity contribution in [2.75, 3.05) is 0 Å². The summed E-state index contributed by atoms with van der Waals surface area (Å²) >= 11 is 0. The van der Waals surface area contributed by atoms with Crippen molar-refractivity contribution in [3.05, 3.63) is 77.9 Å². The molecule has 3 rings (SSSR count). The summed E-state index contributed by atoms with van der Waals surface area (Å²) in [5.74, 6) is 0. The molecular weight excluding hydrogens is 204 g/mol. The number of allylic oxidation sites excluding steroid dienone is 1. The summed E-state index contributed by atoms with van der Waals surface area (Å²) in [6.45, 7) is 6.62. The van der Waals surface area contributed by atoms with Gasteiger partial charge in [-0.25, -0.2) is 0 Å². The zero-order valence-electron chi connectivity index (χ0n) is 10.1. The van der Waals surface area contributed by atoms with Crippen LogP contribution in [0.5, 0.6) is 0 Å². The Morgan fingerprint density at radius 1 is 0.941 bits per heavy atom. The molecule has 0 aliphatic heterocycles. The maximum Gasteiger partial charge on any atom is 0.0215 e. The fraction of sp³-hybridized carbons (Fsp3) is 0.176. The van der Waals surface area contributed by atoms with E-state index in [1.807, 2.05) is 0 Å². The highest BCUT2D eigenvalue weighted by Crippen LogP contribution is 2.46. The minimum atomic E-state index is 0.0605. The van der Waals surface area contributed by atoms with E-state index in [-0.39, 0.29) is 5.41 Å². The average molecular weight is 220 g/mol. The van der Waals surface area contributed by atoms with Gasteiger partial charge in [-0.05, 0) is 28.7 Å². The Kier molecular flexibility index (Phi) is 2.19. The Hall–Kier alpha value is -1.82. The predicted molar refractivity (Wildman–Crippen MR) is 73.0 cm³/mol. The van der Waals surface area contributed by atoms with Crippen LogP contribution in [-0.4, -0.2) is 0 Å². The average Bonchev–Trinajstić information content (AvgIpc) is 2.65. The molecule has 1 atom stereocenters. The van der Waals surface area contributed by atoms with Crippen molar-refractivity contribution in [3.63, 3.8) is 0 Å². The first-order valence-corrected chi connectivity index (χ1v) is 6.05. The number of fused-ring (bicyclic) bond motifs is 1. The monoisotopic (exact) mass is 220 g/mol. The standard InChI is InChI=1S/C17H16/c1-13-16-11-7-6-8-14(16)12-17(13,2)15-9-4-3-5-10-15/h3-11H,1,12H2,2H3. The number of hydrogen-bond donors (Lipinski definition) is 0. The summed E-state index contributed by atoms with van der Waals surface area (Å²) in [7, 11) is 0. The zero-order valence-corrected chi connectivity index (χ0v) is 10.1. The first-order chi connectivity index (χ1) is 8.22. The van der Waals surface area contributed by atoms with Gasteiger partial charge in [-0.3, -0.25) is 0 Å². The summed E-state index contributed by atoms with van der Waals surface area (Å²) in [4.78, 5) is 0. The van der Waals surface area contributed by atoms with Crippen LogP contribution in [0.2, 0.25) is 0 Å². The molecule has 0 aromatic heterocycles. The molecule has 0 saturated carbocycles. The van der Waals surface area contributed by atoms with Crippen molar-refractivity contribution in [2.24, 2.45) is 0 Å². The summed E-state index contributed by atoms with van der Waals surface area (Å²) in [5, 5.41) is 0. The smallest absolute Gasteiger partial charge is 0.0215 e. The Morgan fingerprint density at radius 2 is 1.59 bits per heavy atom. The van der Waals surface area contributed by atoms with Gasteiger partial charge in [0.1, 0.15) is 0 Å². The molecule has 0 radical (unpaired) electrons. The van der Waals surface area contributed by atoms with E-state index < -0.39 is 0 Å². The van der Waals surface area contributed by atoms with E-state index in [0.29, 0.717) is 0 Å². The quantitative estimate of drug-likeness (QED) is 0.675. The van der Waals surface area contributed by atoms with E-state index in [1.165, 1.54) is 22.3 Å². The number of rotatable bonds is 1. The van der Waals surface area contributed by atoms with Crippen molar-refractivity contribution in [3.8, 4) is 0 Å². The predicted octanol–water partition coefficient (Wildman–Crippen LogP) is 4.21. The van der Waals surface area contributed by atoms with E-state index in [4.69, 9.17) is 0 Å². The molecule has 2 aromatic carbocycles. The molecule has 0 saturated heterocycles. The van der Waals surface area contributed by atoms with Gasteiger partial charge in [0, 0.05) is 5.41 Å². The SMILES string of the molecule is C=C1c2ccccc2CC1(C)c1ccccc1. The minimum Gasteiger partial charge on any atom is -0.0943 e. The van der Waals surface area contributed by atoms with Crippen LogP contribution in [0.15, 0.2) is 61.2 Å². The molecule has 0 fully saturated rings. The van der Waals surface area contributed by atoms with Crippen molar-refractivity contribution in [2.45, 2.75) is 18.8 Å². The van der Waals surface area contributed by atoms with Gasteiger partial charge in [-0.15, -0.1) is 0 Å². The van der Waals surface area contributed by atoms with E-state index in [9.17, 15) is 0 Å². The summed E-state index contributed by atoms with van der Waals surface area (Å²) < 4.78 is 0. The second-order valence-electron chi connectivity index (χ2n) is 5.01. The van der Waals surface area contributed by atoms with Gasteiger partial charge in [-0.1, -0.05) is 68.1 Å². The lowest BCUT2D eigenvalue weighted by molar-refractivity contribution is 0.639. The molecule has 1 aliphatic carbocycles. The molecule has 0 N–H and O–H groups in total. The lowest BCUT2D eigenvalue weighted by atomic mass is 9.77. The fourth-order valence-electron chi connectivity index (χ4n) is 2.84. The van der Waals surface area contributed by atoms with Crippen LogP contribution in [0.1, 0.15) is 23.6 Å². The number of benzene rings is 2. The van der Waals surface area contributed by atoms with Crippen LogP contribution in [0.25, 0.3) is 5.57 Å². The Morgan fingerprint density at radius 3 is 2.29 bits per heavy atom. The third kappa shape index (κ3) is 1.44. The molecule has 0 nitrogen and oxygen atoms in total. The molecule has 17 heavy (non-hydrogen) atoms. The van der Waals surface area contributed by atoms with Gasteiger partial charge in [-0.2, -0.15) is 0 Å². The normalized spacial score (nSPS) is 22.5. The van der Waals surface area contributed by atoms with Crippen LogP contribution in [-0.2, 0) is 11.8 Å². The third-order valence-electron chi connectivity index (χ3n) is 3.96. The van der Waals surface area contributed by atoms with Crippen molar-refractivity contribution >= 4 is 5.57 Å². The van der Waals surface area contributed by atoms with Crippen LogP contribution in [0.3, 0.4) is 0 Å². The van der Waals surface area contributed by atoms with Crippen LogP contribution >= 0.6 is 0 Å². The number of hydrogen-bond acceptors (Lipinski definition) is 0. The molecule has 2 aromatic rings. The van der Waals surface area contributed by atoms with Crippen molar-refractivity contribution < 1.29 is 0 Å². The molecule has 84 valence electrons. The fourth-order valence-corrected chi connectivity index (χ4v) is 2.84. The third-order valence-corrected chi connectivity index (χ3v) is 3.96. The van der Waals surface area contributed by atoms with Crippen molar-refractivity contribution in [1.82, 2.24) is 0 Å². The van der Waals surface area contributed by atoms with Crippen LogP contribution < -0.4 is 0 Å². The Balaban J connectivity index is 2.12. The highest BCUT2D eigenvalue weighted by Gasteiger charge is 2.37. The zero-order chi connectivity index (χ0) is 11.9. The summed E-state index contributed by atoms with van der Waals surface area (Å²) in [5.41, 5.74) is 5.42.